The molecule has 0 aliphatic rings. The van der Waals surface area contributed by atoms with E-state index in [0.29, 0.717) is 6.42 Å². The van der Waals surface area contributed by atoms with Gasteiger partial charge < -0.3 is 9.84 Å². The molecule has 1 unspecified atom stereocenters. The predicted octanol–water partition coefficient (Wildman–Crippen LogP) is 2.05. The Morgan fingerprint density at radius 2 is 1.93 bits per heavy atom. The molecule has 82 valence electrons. The number of rotatable bonds is 4. The summed E-state index contributed by atoms with van der Waals surface area (Å²) < 4.78 is 5.09. The number of hydrogen-bond donors (Lipinski definition) is 1. The molecule has 0 aromatic carbocycles. The van der Waals surface area contributed by atoms with Gasteiger partial charge in [-0.3, -0.25) is 4.79 Å². The summed E-state index contributed by atoms with van der Waals surface area (Å²) in [5.41, 5.74) is -1.45. The van der Waals surface area contributed by atoms with Crippen molar-refractivity contribution in [1.29, 1.82) is 0 Å². The molecule has 0 aromatic rings. The lowest BCUT2D eigenvalue weighted by Crippen LogP contribution is -2.27. The van der Waals surface area contributed by atoms with Crippen molar-refractivity contribution in [2.75, 3.05) is 0 Å². The Bertz CT molecular complexity index is 211. The van der Waals surface area contributed by atoms with Crippen LogP contribution in [0.25, 0.3) is 0 Å². The number of hydrogen-bond acceptors (Lipinski definition) is 3. The van der Waals surface area contributed by atoms with E-state index >= 15 is 0 Å². The van der Waals surface area contributed by atoms with Crippen LogP contribution in [0, 0.1) is 0 Å². The summed E-state index contributed by atoms with van der Waals surface area (Å²) in [4.78, 5) is 11.3. The lowest BCUT2D eigenvalue weighted by Gasteiger charge is -2.22. The van der Waals surface area contributed by atoms with E-state index in [2.05, 4.69) is 6.58 Å². The van der Waals surface area contributed by atoms with E-state index in [-0.39, 0.29) is 12.4 Å². The van der Waals surface area contributed by atoms with Crippen LogP contribution in [0.3, 0.4) is 0 Å². The smallest absolute Gasteiger partial charge is 0.306 e. The maximum Gasteiger partial charge on any atom is 0.306 e. The second-order valence-corrected chi connectivity index (χ2v) is 4.65. The number of esters is 1. The molecule has 0 spiro atoms. The van der Waals surface area contributed by atoms with Gasteiger partial charge in [0.2, 0.25) is 0 Å². The van der Waals surface area contributed by atoms with Crippen LogP contribution in [0.15, 0.2) is 12.7 Å². The maximum atomic E-state index is 11.3. The first-order valence-corrected chi connectivity index (χ1v) is 4.74. The zero-order valence-electron chi connectivity index (χ0n) is 9.46. The third-order valence-corrected chi connectivity index (χ3v) is 1.70. The number of carbonyl (C=O) groups is 1. The highest BCUT2D eigenvalue weighted by molar-refractivity contribution is 5.69. The van der Waals surface area contributed by atoms with Crippen molar-refractivity contribution in [3.8, 4) is 0 Å². The number of ether oxygens (including phenoxy) is 1. The molecular weight excluding hydrogens is 180 g/mol. The fourth-order valence-corrected chi connectivity index (χ4v) is 0.850. The average Bonchev–Trinajstić information content (AvgIpc) is 1.98. The highest BCUT2D eigenvalue weighted by Gasteiger charge is 2.20. The van der Waals surface area contributed by atoms with Gasteiger partial charge >= 0.3 is 5.97 Å². The van der Waals surface area contributed by atoms with E-state index in [1.165, 1.54) is 6.08 Å². The van der Waals surface area contributed by atoms with Gasteiger partial charge in [0.25, 0.3) is 0 Å². The van der Waals surface area contributed by atoms with Crippen molar-refractivity contribution < 1.29 is 14.6 Å². The first kappa shape index (κ1) is 13.2. The van der Waals surface area contributed by atoms with Crippen LogP contribution in [-0.2, 0) is 9.53 Å². The molecule has 0 heterocycles. The van der Waals surface area contributed by atoms with Gasteiger partial charge in [0.1, 0.15) is 5.60 Å². The van der Waals surface area contributed by atoms with Crippen molar-refractivity contribution in [1.82, 2.24) is 0 Å². The molecule has 0 saturated carbocycles. The van der Waals surface area contributed by atoms with Gasteiger partial charge in [-0.25, -0.2) is 0 Å². The molecule has 0 aromatic heterocycles. The SMILES string of the molecule is C=CC(C)(O)CCC(=O)OC(C)(C)C. The molecule has 1 N–H and O–H groups in total. The summed E-state index contributed by atoms with van der Waals surface area (Å²) in [6.45, 7) is 10.5. The molecule has 0 amide bonds. The van der Waals surface area contributed by atoms with Gasteiger partial charge in [0.15, 0.2) is 0 Å². The van der Waals surface area contributed by atoms with Gasteiger partial charge in [-0.2, -0.15) is 0 Å². The standard InChI is InChI=1S/C11H20O3/c1-6-11(5,13)8-7-9(12)14-10(2,3)4/h6,13H,1,7-8H2,2-5H3. The van der Waals surface area contributed by atoms with Crippen LogP contribution in [0.1, 0.15) is 40.5 Å². The van der Waals surface area contributed by atoms with Gasteiger partial charge in [0, 0.05) is 6.42 Å². The second kappa shape index (κ2) is 4.60. The first-order valence-electron chi connectivity index (χ1n) is 4.74. The highest BCUT2D eigenvalue weighted by Crippen LogP contribution is 2.15. The lowest BCUT2D eigenvalue weighted by molar-refractivity contribution is -0.155. The molecule has 14 heavy (non-hydrogen) atoms. The molecule has 3 nitrogen and oxygen atoms in total. The normalized spacial score (nSPS) is 15.8. The Kier molecular flexibility index (Phi) is 4.33. The molecule has 0 aliphatic carbocycles. The van der Waals surface area contributed by atoms with Crippen LogP contribution in [0.4, 0.5) is 0 Å². The summed E-state index contributed by atoms with van der Waals surface area (Å²) in [7, 11) is 0. The molecule has 0 aliphatic heterocycles. The molecule has 1 atom stereocenters. The first-order chi connectivity index (χ1) is 6.16. The van der Waals surface area contributed by atoms with Crippen molar-refractivity contribution in [3.63, 3.8) is 0 Å². The van der Waals surface area contributed by atoms with Crippen molar-refractivity contribution in [2.45, 2.75) is 51.7 Å². The van der Waals surface area contributed by atoms with Crippen LogP contribution >= 0.6 is 0 Å². The van der Waals surface area contributed by atoms with Gasteiger partial charge in [-0.15, -0.1) is 6.58 Å². The summed E-state index contributed by atoms with van der Waals surface area (Å²) >= 11 is 0. The van der Waals surface area contributed by atoms with Crippen LogP contribution < -0.4 is 0 Å². The predicted molar refractivity (Wildman–Crippen MR) is 55.9 cm³/mol. The minimum Gasteiger partial charge on any atom is -0.460 e. The summed E-state index contributed by atoms with van der Waals surface area (Å²) in [5.74, 6) is -0.292. The van der Waals surface area contributed by atoms with E-state index in [9.17, 15) is 9.90 Å². The van der Waals surface area contributed by atoms with Gasteiger partial charge in [-0.05, 0) is 34.1 Å². The average molecular weight is 200 g/mol. The fraction of sp³-hybridized carbons (Fsp3) is 0.727. The molecular formula is C11H20O3. The van der Waals surface area contributed by atoms with Crippen LogP contribution in [0.5, 0.6) is 0 Å². The summed E-state index contributed by atoms with van der Waals surface area (Å²) in [6, 6.07) is 0. The summed E-state index contributed by atoms with van der Waals surface area (Å²) in [6.07, 6.45) is 1.97. The number of carbonyl (C=O) groups excluding carboxylic acids is 1. The Hall–Kier alpha value is -0.830. The molecule has 0 rings (SSSR count). The van der Waals surface area contributed by atoms with Crippen LogP contribution in [-0.4, -0.2) is 22.3 Å². The third kappa shape index (κ3) is 6.66. The van der Waals surface area contributed by atoms with Crippen molar-refractivity contribution in [3.05, 3.63) is 12.7 Å². The molecule has 0 saturated heterocycles. The Balaban J connectivity index is 3.93. The number of aliphatic hydroxyl groups is 1. The highest BCUT2D eigenvalue weighted by atomic mass is 16.6. The largest absolute Gasteiger partial charge is 0.460 e. The molecule has 0 bridgehead atoms. The quantitative estimate of drug-likeness (QED) is 0.558. The minimum absolute atomic E-state index is 0.205. The fourth-order valence-electron chi connectivity index (χ4n) is 0.850. The minimum atomic E-state index is -0.989. The third-order valence-electron chi connectivity index (χ3n) is 1.70. The van der Waals surface area contributed by atoms with Crippen molar-refractivity contribution >= 4 is 5.97 Å². The van der Waals surface area contributed by atoms with E-state index in [4.69, 9.17) is 4.74 Å². The molecule has 3 heteroatoms. The van der Waals surface area contributed by atoms with Gasteiger partial charge in [-0.1, -0.05) is 6.08 Å². The van der Waals surface area contributed by atoms with Crippen molar-refractivity contribution in [2.24, 2.45) is 0 Å². The zero-order chi connectivity index (χ0) is 11.4. The lowest BCUT2D eigenvalue weighted by atomic mass is 10.0. The Morgan fingerprint density at radius 3 is 2.29 bits per heavy atom. The van der Waals surface area contributed by atoms with E-state index in [1.807, 2.05) is 20.8 Å². The molecule has 0 fully saturated rings. The maximum absolute atomic E-state index is 11.3. The topological polar surface area (TPSA) is 46.5 Å². The van der Waals surface area contributed by atoms with E-state index in [0.717, 1.165) is 0 Å². The Labute approximate surface area is 85.8 Å². The Morgan fingerprint density at radius 1 is 1.43 bits per heavy atom. The van der Waals surface area contributed by atoms with Crippen LogP contribution in [0.2, 0.25) is 0 Å². The molecule has 0 radical (unpaired) electrons. The zero-order valence-corrected chi connectivity index (χ0v) is 9.46. The van der Waals surface area contributed by atoms with Gasteiger partial charge in [0.05, 0.1) is 5.60 Å². The van der Waals surface area contributed by atoms with E-state index in [1.54, 1.807) is 6.92 Å². The monoisotopic (exact) mass is 200 g/mol. The van der Waals surface area contributed by atoms with E-state index < -0.39 is 11.2 Å². The summed E-state index contributed by atoms with van der Waals surface area (Å²) in [5, 5.41) is 9.54. The second-order valence-electron chi connectivity index (χ2n) is 4.65.